The lowest BCUT2D eigenvalue weighted by molar-refractivity contribution is -0.135. The molecule has 1 N–H and O–H groups in total. The first-order valence-electron chi connectivity index (χ1n) is 7.65. The Labute approximate surface area is 150 Å². The predicted octanol–water partition coefficient (Wildman–Crippen LogP) is 1.52. The molecule has 0 radical (unpaired) electrons. The van der Waals surface area contributed by atoms with E-state index in [0.717, 1.165) is 22.7 Å². The van der Waals surface area contributed by atoms with E-state index in [1.165, 1.54) is 11.3 Å². The molecular weight excluding hydrogens is 348 g/mol. The molecule has 1 saturated heterocycles. The number of halogens is 1. The Bertz CT molecular complexity index is 759. The van der Waals surface area contributed by atoms with Crippen LogP contribution in [-0.4, -0.2) is 40.0 Å². The Morgan fingerprint density at radius 3 is 2.88 bits per heavy atom. The van der Waals surface area contributed by atoms with Crippen molar-refractivity contribution in [1.29, 1.82) is 0 Å². The van der Waals surface area contributed by atoms with Crippen molar-refractivity contribution in [1.82, 2.24) is 19.8 Å². The minimum Gasteiger partial charge on any atom is -0.331 e. The third-order valence-corrected chi connectivity index (χ3v) is 5.30. The highest BCUT2D eigenvalue weighted by atomic mass is 35.5. The van der Waals surface area contributed by atoms with Crippen molar-refractivity contribution in [2.75, 3.05) is 19.6 Å². The van der Waals surface area contributed by atoms with Crippen LogP contribution in [0.15, 0.2) is 29.3 Å². The van der Waals surface area contributed by atoms with E-state index in [-0.39, 0.29) is 35.8 Å². The van der Waals surface area contributed by atoms with Gasteiger partial charge >= 0.3 is 4.87 Å². The molecule has 2 aromatic heterocycles. The molecule has 8 heteroatoms. The van der Waals surface area contributed by atoms with Gasteiger partial charge in [0.1, 0.15) is 6.54 Å². The zero-order valence-electron chi connectivity index (χ0n) is 13.7. The van der Waals surface area contributed by atoms with E-state index in [1.54, 1.807) is 17.0 Å². The minimum atomic E-state index is -0.0681. The highest BCUT2D eigenvalue weighted by Gasteiger charge is 2.28. The summed E-state index contributed by atoms with van der Waals surface area (Å²) >= 11 is 1.20. The van der Waals surface area contributed by atoms with Crippen molar-refractivity contribution in [3.63, 3.8) is 0 Å². The molecule has 1 unspecified atom stereocenters. The fourth-order valence-corrected chi connectivity index (χ4v) is 3.70. The average Bonchev–Trinajstić information content (AvgIpc) is 2.82. The predicted molar refractivity (Wildman–Crippen MR) is 96.9 cm³/mol. The second-order valence-corrected chi connectivity index (χ2v) is 6.85. The van der Waals surface area contributed by atoms with E-state index in [2.05, 4.69) is 10.3 Å². The van der Waals surface area contributed by atoms with Crippen molar-refractivity contribution in [2.45, 2.75) is 26.4 Å². The minimum absolute atomic E-state index is 0. The average molecular weight is 369 g/mol. The van der Waals surface area contributed by atoms with Gasteiger partial charge < -0.3 is 10.2 Å². The molecule has 130 valence electrons. The summed E-state index contributed by atoms with van der Waals surface area (Å²) in [5.74, 6) is -0.0247. The zero-order valence-corrected chi connectivity index (χ0v) is 15.3. The molecule has 3 rings (SSSR count). The van der Waals surface area contributed by atoms with Gasteiger partial charge in [-0.25, -0.2) is 0 Å². The van der Waals surface area contributed by atoms with Crippen LogP contribution in [-0.2, 0) is 11.3 Å². The molecule has 1 aliphatic heterocycles. The van der Waals surface area contributed by atoms with Crippen LogP contribution in [0, 0.1) is 13.8 Å². The van der Waals surface area contributed by atoms with E-state index >= 15 is 0 Å². The third-order valence-electron chi connectivity index (χ3n) is 4.30. The van der Waals surface area contributed by atoms with Gasteiger partial charge in [0, 0.05) is 42.6 Å². The van der Waals surface area contributed by atoms with Crippen molar-refractivity contribution in [2.24, 2.45) is 0 Å². The van der Waals surface area contributed by atoms with Crippen molar-refractivity contribution >= 4 is 29.7 Å². The second-order valence-electron chi connectivity index (χ2n) is 5.69. The number of aryl methyl sites for hydroxylation is 1. The summed E-state index contributed by atoms with van der Waals surface area (Å²) in [5, 5.41) is 3.32. The summed E-state index contributed by atoms with van der Waals surface area (Å²) in [7, 11) is 0. The fraction of sp³-hybridized carbons (Fsp3) is 0.438. The monoisotopic (exact) mass is 368 g/mol. The fourth-order valence-electron chi connectivity index (χ4n) is 2.87. The molecule has 1 aliphatic rings. The summed E-state index contributed by atoms with van der Waals surface area (Å²) in [6.45, 7) is 6.00. The van der Waals surface area contributed by atoms with Gasteiger partial charge in [-0.2, -0.15) is 0 Å². The molecule has 3 heterocycles. The Balaban J connectivity index is 0.00000208. The smallest absolute Gasteiger partial charge is 0.308 e. The lowest BCUT2D eigenvalue weighted by Gasteiger charge is -2.36. The maximum atomic E-state index is 12.8. The van der Waals surface area contributed by atoms with Crippen LogP contribution >= 0.6 is 23.7 Å². The Morgan fingerprint density at radius 2 is 2.25 bits per heavy atom. The normalized spacial score (nSPS) is 17.4. The molecular formula is C16H21ClN4O2S. The summed E-state index contributed by atoms with van der Waals surface area (Å²) in [4.78, 5) is 31.7. The van der Waals surface area contributed by atoms with Crippen LogP contribution in [0.2, 0.25) is 0 Å². The van der Waals surface area contributed by atoms with Gasteiger partial charge in [0.15, 0.2) is 0 Å². The van der Waals surface area contributed by atoms with Crippen LogP contribution in [0.25, 0.3) is 0 Å². The lowest BCUT2D eigenvalue weighted by atomic mass is 10.1. The van der Waals surface area contributed by atoms with Crippen LogP contribution in [0.1, 0.15) is 22.2 Å². The van der Waals surface area contributed by atoms with Crippen molar-refractivity contribution in [3.8, 4) is 0 Å². The number of piperazine rings is 1. The highest BCUT2D eigenvalue weighted by Crippen LogP contribution is 2.22. The van der Waals surface area contributed by atoms with Crippen molar-refractivity contribution in [3.05, 3.63) is 50.3 Å². The molecule has 24 heavy (non-hydrogen) atoms. The number of thiazole rings is 1. The largest absolute Gasteiger partial charge is 0.331 e. The van der Waals surface area contributed by atoms with Crippen molar-refractivity contribution < 1.29 is 4.79 Å². The van der Waals surface area contributed by atoms with Gasteiger partial charge in [-0.15, -0.1) is 12.4 Å². The molecule has 2 aromatic rings. The Morgan fingerprint density at radius 1 is 1.46 bits per heavy atom. The number of aromatic nitrogens is 2. The number of carbonyl (C=O) groups is 1. The summed E-state index contributed by atoms with van der Waals surface area (Å²) < 4.78 is 1.57. The van der Waals surface area contributed by atoms with E-state index < -0.39 is 0 Å². The van der Waals surface area contributed by atoms with Crippen LogP contribution < -0.4 is 10.2 Å². The number of hydrogen-bond acceptors (Lipinski definition) is 5. The van der Waals surface area contributed by atoms with E-state index in [1.807, 2.05) is 30.9 Å². The number of nitrogens with one attached hydrogen (secondary N) is 1. The summed E-state index contributed by atoms with van der Waals surface area (Å²) in [5.41, 5.74) is 1.89. The molecule has 0 saturated carbocycles. The zero-order chi connectivity index (χ0) is 16.4. The van der Waals surface area contributed by atoms with Gasteiger partial charge in [0.25, 0.3) is 0 Å². The van der Waals surface area contributed by atoms with Gasteiger partial charge in [-0.3, -0.25) is 19.1 Å². The first-order chi connectivity index (χ1) is 11.1. The van der Waals surface area contributed by atoms with Crippen LogP contribution in [0.3, 0.4) is 0 Å². The summed E-state index contributed by atoms with van der Waals surface area (Å²) in [6, 6.07) is 3.82. The number of nitrogens with zero attached hydrogens (tertiary/aromatic N) is 3. The maximum absolute atomic E-state index is 12.8. The Hall–Kier alpha value is -1.70. The number of rotatable bonds is 3. The molecule has 0 aromatic carbocycles. The molecule has 1 atom stereocenters. The topological polar surface area (TPSA) is 67.2 Å². The van der Waals surface area contributed by atoms with Crippen LogP contribution in [0.4, 0.5) is 0 Å². The van der Waals surface area contributed by atoms with Gasteiger partial charge in [0.05, 0.1) is 6.04 Å². The molecule has 6 nitrogen and oxygen atoms in total. The Kier molecular flexibility index (Phi) is 6.15. The first-order valence-corrected chi connectivity index (χ1v) is 8.46. The number of hydrogen-bond donors (Lipinski definition) is 1. The molecule has 0 spiro atoms. The van der Waals surface area contributed by atoms with Gasteiger partial charge in [-0.05, 0) is 25.5 Å². The van der Waals surface area contributed by atoms with Crippen LogP contribution in [0.5, 0.6) is 0 Å². The molecule has 1 fully saturated rings. The van der Waals surface area contributed by atoms with E-state index in [9.17, 15) is 9.59 Å². The maximum Gasteiger partial charge on any atom is 0.308 e. The number of pyridine rings is 1. The third kappa shape index (κ3) is 3.68. The van der Waals surface area contributed by atoms with Gasteiger partial charge in [-0.1, -0.05) is 17.4 Å². The first kappa shape index (κ1) is 18.6. The number of carbonyl (C=O) groups excluding carboxylic acids is 1. The lowest BCUT2D eigenvalue weighted by Crippen LogP contribution is -2.50. The highest BCUT2D eigenvalue weighted by molar-refractivity contribution is 7.09. The summed E-state index contributed by atoms with van der Waals surface area (Å²) in [6.07, 6.45) is 3.52. The van der Waals surface area contributed by atoms with E-state index in [4.69, 9.17) is 0 Å². The molecule has 1 amide bonds. The second kappa shape index (κ2) is 7.92. The van der Waals surface area contributed by atoms with Gasteiger partial charge in [0.2, 0.25) is 5.91 Å². The quantitative estimate of drug-likeness (QED) is 0.891. The standard InChI is InChI=1S/C16H20N4O2S.ClH/c1-11-12(2)23-16(22)20(11)10-15(21)19-7-6-18-9-14(19)13-4-3-5-17-8-13;/h3-5,8,14,18H,6-7,9-10H2,1-2H3;1H. The molecule has 0 bridgehead atoms. The SMILES string of the molecule is Cc1sc(=O)n(CC(=O)N2CCNCC2c2cccnc2)c1C.Cl. The van der Waals surface area contributed by atoms with E-state index in [0.29, 0.717) is 13.1 Å². The number of amides is 1. The molecule has 0 aliphatic carbocycles.